The van der Waals surface area contributed by atoms with Crippen LogP contribution in [0.1, 0.15) is 43.5 Å². The maximum atomic E-state index is 4.69. The Labute approximate surface area is 132 Å². The monoisotopic (exact) mass is 296 g/mol. The van der Waals surface area contributed by atoms with E-state index < -0.39 is 0 Å². The van der Waals surface area contributed by atoms with Gasteiger partial charge in [-0.05, 0) is 30.4 Å². The van der Waals surface area contributed by atoms with E-state index in [2.05, 4.69) is 71.3 Å². The number of hydrogen-bond acceptors (Lipinski definition) is 4. The first kappa shape index (κ1) is 14.8. The Morgan fingerprint density at radius 3 is 2.59 bits per heavy atom. The topological polar surface area (TPSA) is 41.1 Å². The number of hydrogen-bond donors (Lipinski definition) is 1. The molecule has 0 bridgehead atoms. The van der Waals surface area contributed by atoms with Gasteiger partial charge in [0.1, 0.15) is 5.82 Å². The van der Waals surface area contributed by atoms with Crippen LogP contribution in [0.5, 0.6) is 0 Å². The Morgan fingerprint density at radius 2 is 1.91 bits per heavy atom. The first-order valence-electron chi connectivity index (χ1n) is 7.98. The van der Waals surface area contributed by atoms with E-state index in [0.29, 0.717) is 17.9 Å². The van der Waals surface area contributed by atoms with Crippen LogP contribution >= 0.6 is 0 Å². The molecule has 1 aromatic carbocycles. The van der Waals surface area contributed by atoms with Crippen molar-refractivity contribution in [2.45, 2.75) is 45.7 Å². The Kier molecular flexibility index (Phi) is 4.01. The highest BCUT2D eigenvalue weighted by Crippen LogP contribution is 2.29. The molecule has 0 spiro atoms. The molecule has 1 aromatic heterocycles. The van der Waals surface area contributed by atoms with E-state index >= 15 is 0 Å². The van der Waals surface area contributed by atoms with Crippen LogP contribution in [0, 0.1) is 0 Å². The zero-order valence-corrected chi connectivity index (χ0v) is 13.8. The van der Waals surface area contributed by atoms with Crippen LogP contribution in [0.4, 0.5) is 11.8 Å². The first-order valence-corrected chi connectivity index (χ1v) is 7.98. The SMILES string of the molecule is CNc1nc(C(C)C)cc(N2Cc3ccccc3C[C@@H]2C)n1. The van der Waals surface area contributed by atoms with Crippen molar-refractivity contribution in [3.05, 3.63) is 47.2 Å². The smallest absolute Gasteiger partial charge is 0.224 e. The van der Waals surface area contributed by atoms with E-state index in [0.717, 1.165) is 24.5 Å². The molecule has 116 valence electrons. The third-order valence-corrected chi connectivity index (χ3v) is 4.35. The predicted molar refractivity (Wildman–Crippen MR) is 91.5 cm³/mol. The van der Waals surface area contributed by atoms with Crippen molar-refractivity contribution < 1.29 is 0 Å². The molecule has 3 rings (SSSR count). The zero-order chi connectivity index (χ0) is 15.7. The van der Waals surface area contributed by atoms with Crippen molar-refractivity contribution in [3.63, 3.8) is 0 Å². The molecule has 0 saturated heterocycles. The van der Waals surface area contributed by atoms with Gasteiger partial charge in [-0.3, -0.25) is 0 Å². The Morgan fingerprint density at radius 1 is 1.18 bits per heavy atom. The Bertz CT molecular complexity index is 666. The average molecular weight is 296 g/mol. The number of fused-ring (bicyclic) bond motifs is 1. The fraction of sp³-hybridized carbons (Fsp3) is 0.444. The third kappa shape index (κ3) is 2.78. The molecule has 4 nitrogen and oxygen atoms in total. The Hall–Kier alpha value is -2.10. The van der Waals surface area contributed by atoms with E-state index in [9.17, 15) is 0 Å². The van der Waals surface area contributed by atoms with Crippen LogP contribution in [0.25, 0.3) is 0 Å². The maximum absolute atomic E-state index is 4.69. The van der Waals surface area contributed by atoms with E-state index in [-0.39, 0.29) is 0 Å². The van der Waals surface area contributed by atoms with Gasteiger partial charge in [-0.1, -0.05) is 38.1 Å². The molecule has 1 N–H and O–H groups in total. The molecular weight excluding hydrogens is 272 g/mol. The van der Waals surface area contributed by atoms with Gasteiger partial charge in [0.15, 0.2) is 0 Å². The number of anilines is 2. The molecule has 0 radical (unpaired) electrons. The van der Waals surface area contributed by atoms with Crippen molar-refractivity contribution in [2.24, 2.45) is 0 Å². The molecular formula is C18H24N4. The molecule has 0 amide bonds. The van der Waals surface area contributed by atoms with Crippen molar-refractivity contribution >= 4 is 11.8 Å². The van der Waals surface area contributed by atoms with Crippen molar-refractivity contribution in [2.75, 3.05) is 17.3 Å². The van der Waals surface area contributed by atoms with Gasteiger partial charge >= 0.3 is 0 Å². The molecule has 2 aromatic rings. The predicted octanol–water partition coefficient (Wildman–Crippen LogP) is 3.59. The lowest BCUT2D eigenvalue weighted by Gasteiger charge is -2.36. The lowest BCUT2D eigenvalue weighted by Crippen LogP contribution is -2.39. The minimum atomic E-state index is 0.390. The summed E-state index contributed by atoms with van der Waals surface area (Å²) < 4.78 is 0. The van der Waals surface area contributed by atoms with Crippen LogP contribution in [0.2, 0.25) is 0 Å². The number of nitrogens with zero attached hydrogens (tertiary/aromatic N) is 3. The van der Waals surface area contributed by atoms with Gasteiger partial charge in [-0.15, -0.1) is 0 Å². The zero-order valence-electron chi connectivity index (χ0n) is 13.8. The molecule has 4 heteroatoms. The summed E-state index contributed by atoms with van der Waals surface area (Å²) in [5.74, 6) is 2.11. The van der Waals surface area contributed by atoms with Gasteiger partial charge in [0.2, 0.25) is 5.95 Å². The number of aromatic nitrogens is 2. The van der Waals surface area contributed by atoms with Crippen LogP contribution in [-0.2, 0) is 13.0 Å². The molecule has 0 aliphatic carbocycles. The van der Waals surface area contributed by atoms with E-state index in [4.69, 9.17) is 0 Å². The summed E-state index contributed by atoms with van der Waals surface area (Å²) in [6.07, 6.45) is 1.06. The molecule has 22 heavy (non-hydrogen) atoms. The van der Waals surface area contributed by atoms with Gasteiger partial charge in [-0.2, -0.15) is 4.98 Å². The van der Waals surface area contributed by atoms with Gasteiger partial charge in [-0.25, -0.2) is 4.98 Å². The highest BCUT2D eigenvalue weighted by Gasteiger charge is 2.24. The summed E-state index contributed by atoms with van der Waals surface area (Å²) in [6.45, 7) is 7.52. The van der Waals surface area contributed by atoms with Crippen LogP contribution in [0.15, 0.2) is 30.3 Å². The summed E-state index contributed by atoms with van der Waals surface area (Å²) >= 11 is 0. The molecule has 0 fully saturated rings. The standard InChI is InChI=1S/C18H24N4/c1-12(2)16-10-17(21-18(19-4)20-16)22-11-15-8-6-5-7-14(15)9-13(22)3/h5-8,10,12-13H,9,11H2,1-4H3,(H,19,20,21)/t13-/m0/s1. The van der Waals surface area contributed by atoms with Crippen LogP contribution in [0.3, 0.4) is 0 Å². The van der Waals surface area contributed by atoms with Crippen molar-refractivity contribution in [3.8, 4) is 0 Å². The maximum Gasteiger partial charge on any atom is 0.224 e. The van der Waals surface area contributed by atoms with Gasteiger partial charge in [0.25, 0.3) is 0 Å². The van der Waals surface area contributed by atoms with Crippen molar-refractivity contribution in [1.29, 1.82) is 0 Å². The summed E-state index contributed by atoms with van der Waals surface area (Å²) in [7, 11) is 1.87. The second-order valence-corrected chi connectivity index (χ2v) is 6.33. The Balaban J connectivity index is 1.98. The van der Waals surface area contributed by atoms with E-state index in [1.54, 1.807) is 0 Å². The molecule has 0 unspecified atom stereocenters. The van der Waals surface area contributed by atoms with E-state index in [1.807, 2.05) is 7.05 Å². The number of nitrogens with one attached hydrogen (secondary N) is 1. The lowest BCUT2D eigenvalue weighted by molar-refractivity contribution is 0.585. The number of rotatable bonds is 3. The highest BCUT2D eigenvalue weighted by atomic mass is 15.2. The second kappa shape index (κ2) is 5.95. The fourth-order valence-electron chi connectivity index (χ4n) is 2.99. The van der Waals surface area contributed by atoms with Crippen molar-refractivity contribution in [1.82, 2.24) is 9.97 Å². The number of benzene rings is 1. The minimum Gasteiger partial charge on any atom is -0.357 e. The minimum absolute atomic E-state index is 0.390. The third-order valence-electron chi connectivity index (χ3n) is 4.35. The highest BCUT2D eigenvalue weighted by molar-refractivity contribution is 5.49. The average Bonchev–Trinajstić information content (AvgIpc) is 2.53. The summed E-state index contributed by atoms with van der Waals surface area (Å²) in [5, 5.41) is 3.09. The lowest BCUT2D eigenvalue weighted by atomic mass is 9.95. The summed E-state index contributed by atoms with van der Waals surface area (Å²) in [6, 6.07) is 11.3. The fourth-order valence-corrected chi connectivity index (χ4v) is 2.99. The second-order valence-electron chi connectivity index (χ2n) is 6.33. The van der Waals surface area contributed by atoms with Gasteiger partial charge in [0.05, 0.1) is 5.69 Å². The molecule has 0 saturated carbocycles. The molecule has 1 aliphatic heterocycles. The molecule has 1 aliphatic rings. The largest absolute Gasteiger partial charge is 0.357 e. The normalized spacial score (nSPS) is 17.5. The molecule has 2 heterocycles. The quantitative estimate of drug-likeness (QED) is 0.939. The summed E-state index contributed by atoms with van der Waals surface area (Å²) in [5.41, 5.74) is 3.94. The van der Waals surface area contributed by atoms with E-state index in [1.165, 1.54) is 11.1 Å². The first-order chi connectivity index (χ1) is 10.6. The molecule has 1 atom stereocenters. The van der Waals surface area contributed by atoms with Crippen LogP contribution < -0.4 is 10.2 Å². The van der Waals surface area contributed by atoms with Gasteiger partial charge in [0, 0.05) is 25.7 Å². The van der Waals surface area contributed by atoms with Gasteiger partial charge < -0.3 is 10.2 Å². The summed E-state index contributed by atoms with van der Waals surface area (Å²) in [4.78, 5) is 11.6. The van der Waals surface area contributed by atoms with Crippen LogP contribution in [-0.4, -0.2) is 23.1 Å².